The molecule has 0 radical (unpaired) electrons. The molecule has 2 aromatic heterocycles. The Morgan fingerprint density at radius 3 is 2.90 bits per heavy atom. The first-order valence-electron chi connectivity index (χ1n) is 10.2. The predicted octanol–water partition coefficient (Wildman–Crippen LogP) is 4.08. The zero-order valence-corrected chi connectivity index (χ0v) is 17.6. The van der Waals surface area contributed by atoms with Crippen LogP contribution in [0.5, 0.6) is 0 Å². The third kappa shape index (κ3) is 2.86. The molecule has 1 aromatic carbocycles. The van der Waals surface area contributed by atoms with E-state index < -0.39 is 0 Å². The maximum Gasteiger partial charge on any atom is 0.359 e. The Labute approximate surface area is 178 Å². The molecule has 4 heterocycles. The number of carbonyl (C=O) groups is 1. The summed E-state index contributed by atoms with van der Waals surface area (Å²) >= 11 is 1.61. The van der Waals surface area contributed by atoms with Crippen molar-refractivity contribution in [2.45, 2.75) is 37.8 Å². The van der Waals surface area contributed by atoms with Crippen molar-refractivity contribution in [2.75, 3.05) is 13.1 Å². The highest BCUT2D eigenvalue weighted by molar-refractivity contribution is 7.13. The van der Waals surface area contributed by atoms with Crippen molar-refractivity contribution < 1.29 is 14.6 Å². The fraction of sp³-hybridized carbons (Fsp3) is 0.409. The van der Waals surface area contributed by atoms with Gasteiger partial charge in [-0.05, 0) is 44.4 Å². The third-order valence-electron chi connectivity index (χ3n) is 6.75. The number of ether oxygens (including phenoxy) is 1. The van der Waals surface area contributed by atoms with Gasteiger partial charge in [0.1, 0.15) is 11.1 Å². The quantitative estimate of drug-likeness (QED) is 0.486. The van der Waals surface area contributed by atoms with Crippen LogP contribution in [0.1, 0.15) is 35.4 Å². The lowest BCUT2D eigenvalue weighted by Gasteiger charge is -2.57. The van der Waals surface area contributed by atoms with E-state index in [0.717, 1.165) is 46.5 Å². The van der Waals surface area contributed by atoms with Gasteiger partial charge in [0.05, 0.1) is 11.8 Å². The number of thiazole rings is 1. The first kappa shape index (κ1) is 19.3. The second-order valence-corrected chi connectivity index (χ2v) is 9.06. The SMILES string of the molecule is C=CO.Cc1csc(-c2ccc3[nH]nc(C(=O)OC4CN5CCC56CCC46)c3c2)n1. The van der Waals surface area contributed by atoms with Crippen molar-refractivity contribution in [3.63, 3.8) is 0 Å². The van der Waals surface area contributed by atoms with E-state index in [1.54, 1.807) is 11.3 Å². The van der Waals surface area contributed by atoms with Gasteiger partial charge in [-0.25, -0.2) is 9.78 Å². The Balaban J connectivity index is 0.000000609. The fourth-order valence-electron chi connectivity index (χ4n) is 5.16. The van der Waals surface area contributed by atoms with Crippen LogP contribution < -0.4 is 0 Å². The number of aliphatic hydroxyl groups excluding tert-OH is 1. The summed E-state index contributed by atoms with van der Waals surface area (Å²) in [5, 5.41) is 18.3. The van der Waals surface area contributed by atoms with Gasteiger partial charge in [-0.3, -0.25) is 10.00 Å². The first-order chi connectivity index (χ1) is 14.6. The number of H-pyrrole nitrogens is 1. The Hall–Kier alpha value is -2.71. The van der Waals surface area contributed by atoms with Gasteiger partial charge >= 0.3 is 5.97 Å². The molecule has 30 heavy (non-hydrogen) atoms. The van der Waals surface area contributed by atoms with Crippen LogP contribution in [0.4, 0.5) is 0 Å². The number of carbonyl (C=O) groups excluding carboxylic acids is 1. The summed E-state index contributed by atoms with van der Waals surface area (Å²) in [6, 6.07) is 5.95. The summed E-state index contributed by atoms with van der Waals surface area (Å²) < 4.78 is 5.95. The van der Waals surface area contributed by atoms with E-state index in [4.69, 9.17) is 9.84 Å². The fourth-order valence-corrected chi connectivity index (χ4v) is 5.95. The van der Waals surface area contributed by atoms with Crippen LogP contribution in [-0.4, -0.2) is 55.9 Å². The van der Waals surface area contributed by atoms with Crippen molar-refractivity contribution in [3.05, 3.63) is 47.8 Å². The molecule has 3 unspecified atom stereocenters. The standard InChI is InChI=1S/C20H20N4O2S.C2H4O/c1-11-10-27-18(21-11)12-2-3-15-13(8-12)17(23-22-15)19(25)26-16-9-24-7-6-20(24)5-4-14(16)20;1-2-3/h2-3,8,10,14,16H,4-7,9H2,1H3,(H,22,23);2-3H,1H2. The molecule has 7 nitrogen and oxygen atoms in total. The van der Waals surface area contributed by atoms with E-state index in [1.165, 1.54) is 19.3 Å². The van der Waals surface area contributed by atoms with Crippen LogP contribution in [0.3, 0.4) is 0 Å². The van der Waals surface area contributed by atoms with Gasteiger partial charge < -0.3 is 9.84 Å². The summed E-state index contributed by atoms with van der Waals surface area (Å²) in [7, 11) is 0. The van der Waals surface area contributed by atoms with Gasteiger partial charge in [-0.15, -0.1) is 11.3 Å². The van der Waals surface area contributed by atoms with E-state index in [1.807, 2.05) is 30.5 Å². The Morgan fingerprint density at radius 1 is 1.47 bits per heavy atom. The molecule has 0 amide bonds. The molecule has 156 valence electrons. The molecule has 1 saturated carbocycles. The van der Waals surface area contributed by atoms with Gasteiger partial charge in [0.2, 0.25) is 0 Å². The van der Waals surface area contributed by atoms with E-state index in [9.17, 15) is 4.79 Å². The molecule has 3 fully saturated rings. The molecule has 3 aliphatic rings. The maximum atomic E-state index is 12.9. The van der Waals surface area contributed by atoms with Gasteiger partial charge in [0.25, 0.3) is 0 Å². The van der Waals surface area contributed by atoms with Crippen LogP contribution in [0.15, 0.2) is 36.4 Å². The van der Waals surface area contributed by atoms with Crippen molar-refractivity contribution in [3.8, 4) is 10.6 Å². The second kappa shape index (κ2) is 7.21. The monoisotopic (exact) mass is 424 g/mol. The number of esters is 1. The van der Waals surface area contributed by atoms with E-state index >= 15 is 0 Å². The minimum absolute atomic E-state index is 0.00490. The molecule has 2 saturated heterocycles. The molecule has 0 bridgehead atoms. The zero-order chi connectivity index (χ0) is 20.9. The van der Waals surface area contributed by atoms with E-state index in [0.29, 0.717) is 17.2 Å². The highest BCUT2D eigenvalue weighted by Crippen LogP contribution is 2.58. The van der Waals surface area contributed by atoms with Crippen LogP contribution in [-0.2, 0) is 4.74 Å². The molecule has 3 atom stereocenters. The molecule has 3 aromatic rings. The zero-order valence-electron chi connectivity index (χ0n) is 16.8. The molecule has 8 heteroatoms. The number of benzene rings is 1. The molecule has 2 N–H and O–H groups in total. The van der Waals surface area contributed by atoms with Gasteiger partial charge in [-0.1, -0.05) is 6.58 Å². The number of aromatic nitrogens is 3. The van der Waals surface area contributed by atoms with Gasteiger partial charge in [-0.2, -0.15) is 5.10 Å². The van der Waals surface area contributed by atoms with Crippen LogP contribution >= 0.6 is 11.3 Å². The smallest absolute Gasteiger partial charge is 0.359 e. The summed E-state index contributed by atoms with van der Waals surface area (Å²) in [6.07, 6.45) is 4.44. The third-order valence-corrected chi connectivity index (χ3v) is 7.76. The van der Waals surface area contributed by atoms with Gasteiger partial charge in [0.15, 0.2) is 5.69 Å². The van der Waals surface area contributed by atoms with Crippen molar-refractivity contribution >= 4 is 28.2 Å². The van der Waals surface area contributed by atoms with Crippen LogP contribution in [0.2, 0.25) is 0 Å². The molecule has 6 rings (SSSR count). The number of hydrogen-bond donors (Lipinski definition) is 2. The van der Waals surface area contributed by atoms with E-state index in [-0.39, 0.29) is 12.1 Å². The number of fused-ring (bicyclic) bond motifs is 1. The Kier molecular flexibility index (Phi) is 4.63. The largest absolute Gasteiger partial charge is 0.516 e. The number of rotatable bonds is 3. The Bertz CT molecular complexity index is 1120. The number of aliphatic hydroxyl groups is 1. The predicted molar refractivity (Wildman–Crippen MR) is 116 cm³/mol. The summed E-state index contributed by atoms with van der Waals surface area (Å²) in [4.78, 5) is 19.9. The molecule has 1 aliphatic carbocycles. The number of hydrogen-bond acceptors (Lipinski definition) is 7. The van der Waals surface area contributed by atoms with Gasteiger partial charge in [0, 0.05) is 46.6 Å². The second-order valence-electron chi connectivity index (χ2n) is 8.20. The lowest BCUT2D eigenvalue weighted by atomic mass is 9.61. The maximum absolute atomic E-state index is 12.9. The highest BCUT2D eigenvalue weighted by atomic mass is 32.1. The van der Waals surface area contributed by atoms with Crippen molar-refractivity contribution in [2.24, 2.45) is 5.92 Å². The molecular formula is C22H24N4O3S. The molecular weight excluding hydrogens is 400 g/mol. The van der Waals surface area contributed by atoms with E-state index in [2.05, 4.69) is 26.7 Å². The number of nitrogens with one attached hydrogen (secondary N) is 1. The molecule has 1 spiro atoms. The van der Waals surface area contributed by atoms with Crippen LogP contribution in [0, 0.1) is 12.8 Å². The van der Waals surface area contributed by atoms with Crippen molar-refractivity contribution in [1.29, 1.82) is 0 Å². The topological polar surface area (TPSA) is 91.3 Å². The Morgan fingerprint density at radius 2 is 2.30 bits per heavy atom. The number of nitrogens with zero attached hydrogens (tertiary/aromatic N) is 3. The summed E-state index contributed by atoms with van der Waals surface area (Å²) in [5.41, 5.74) is 3.58. The number of aryl methyl sites for hydroxylation is 1. The minimum Gasteiger partial charge on any atom is -0.516 e. The average molecular weight is 425 g/mol. The lowest BCUT2D eigenvalue weighted by Crippen LogP contribution is -2.63. The highest BCUT2D eigenvalue weighted by Gasteiger charge is 2.64. The average Bonchev–Trinajstić information content (AvgIpc) is 3.33. The summed E-state index contributed by atoms with van der Waals surface area (Å²) in [6.45, 7) is 6.92. The number of aromatic amines is 1. The van der Waals surface area contributed by atoms with Crippen molar-refractivity contribution in [1.82, 2.24) is 20.1 Å². The normalized spacial score (nSPS) is 26.6. The first-order valence-corrected chi connectivity index (χ1v) is 11.1. The lowest BCUT2D eigenvalue weighted by molar-refractivity contribution is -0.0772. The molecule has 2 aliphatic heterocycles. The minimum atomic E-state index is -0.316. The summed E-state index contributed by atoms with van der Waals surface area (Å²) in [5.74, 6) is 0.192. The van der Waals surface area contributed by atoms with Crippen LogP contribution in [0.25, 0.3) is 21.5 Å².